The Morgan fingerprint density at radius 3 is 2.33 bits per heavy atom. The highest BCUT2D eigenvalue weighted by atomic mass is 32.2. The number of carbonyl (C=O) groups is 3. The molecule has 7 nitrogen and oxygen atoms in total. The standard InChI is InChI=1S/C10H18N2O5S/c1-18-5-4-6(11)9(15)12-7(10(16)17)2-3-8(13)14/h6-7H,2-5,11H2,1H3,(H,12,15)(H,13,14)(H,16,17)/t6-,7?/m1/s1. The number of carboxylic acid groups (broad SMARTS) is 2. The zero-order valence-electron chi connectivity index (χ0n) is 10.1. The summed E-state index contributed by atoms with van der Waals surface area (Å²) in [6.45, 7) is 0. The van der Waals surface area contributed by atoms with E-state index in [1.165, 1.54) is 11.8 Å². The Balaban J connectivity index is 4.26. The number of carboxylic acids is 2. The summed E-state index contributed by atoms with van der Waals surface area (Å²) in [5, 5.41) is 19.6. The normalized spacial score (nSPS) is 13.7. The summed E-state index contributed by atoms with van der Waals surface area (Å²) in [4.78, 5) is 32.7. The molecular weight excluding hydrogens is 260 g/mol. The molecule has 104 valence electrons. The van der Waals surface area contributed by atoms with Crippen LogP contribution in [-0.4, -0.2) is 52.2 Å². The van der Waals surface area contributed by atoms with Gasteiger partial charge in [-0.25, -0.2) is 4.79 Å². The molecule has 0 radical (unpaired) electrons. The van der Waals surface area contributed by atoms with Gasteiger partial charge < -0.3 is 21.3 Å². The van der Waals surface area contributed by atoms with Crippen LogP contribution < -0.4 is 11.1 Å². The molecule has 0 aliphatic carbocycles. The predicted octanol–water partition coefficient (Wildman–Crippen LogP) is -0.499. The Morgan fingerprint density at radius 1 is 1.28 bits per heavy atom. The van der Waals surface area contributed by atoms with Crippen LogP contribution in [0.2, 0.25) is 0 Å². The molecule has 0 saturated carbocycles. The largest absolute Gasteiger partial charge is 0.481 e. The number of nitrogens with two attached hydrogens (primary N) is 1. The molecule has 0 aliphatic heterocycles. The van der Waals surface area contributed by atoms with Gasteiger partial charge in [-0.1, -0.05) is 0 Å². The van der Waals surface area contributed by atoms with Crippen LogP contribution in [-0.2, 0) is 14.4 Å². The van der Waals surface area contributed by atoms with Crippen molar-refractivity contribution in [2.24, 2.45) is 5.73 Å². The molecule has 0 aliphatic rings. The van der Waals surface area contributed by atoms with Crippen molar-refractivity contribution in [3.63, 3.8) is 0 Å². The second-order valence-electron chi connectivity index (χ2n) is 3.72. The van der Waals surface area contributed by atoms with Crippen LogP contribution in [0.25, 0.3) is 0 Å². The number of hydrogen-bond donors (Lipinski definition) is 4. The first-order valence-electron chi connectivity index (χ1n) is 5.38. The van der Waals surface area contributed by atoms with Crippen LogP contribution in [0.5, 0.6) is 0 Å². The van der Waals surface area contributed by atoms with Crippen LogP contribution >= 0.6 is 11.8 Å². The summed E-state index contributed by atoms with van der Waals surface area (Å²) in [6.07, 6.45) is 1.83. The summed E-state index contributed by atoms with van der Waals surface area (Å²) in [7, 11) is 0. The van der Waals surface area contributed by atoms with Crippen LogP contribution in [0, 0.1) is 0 Å². The van der Waals surface area contributed by atoms with Gasteiger partial charge in [0.1, 0.15) is 6.04 Å². The van der Waals surface area contributed by atoms with E-state index in [-0.39, 0.29) is 12.8 Å². The number of amides is 1. The number of rotatable bonds is 9. The molecule has 0 spiro atoms. The first-order valence-corrected chi connectivity index (χ1v) is 6.77. The molecule has 0 bridgehead atoms. The first-order chi connectivity index (χ1) is 8.38. The summed E-state index contributed by atoms with van der Waals surface area (Å²) in [6, 6.07) is -1.99. The first kappa shape index (κ1) is 16.7. The van der Waals surface area contributed by atoms with Crippen molar-refractivity contribution in [3.8, 4) is 0 Å². The average molecular weight is 278 g/mol. The molecule has 0 aromatic heterocycles. The fourth-order valence-electron chi connectivity index (χ4n) is 1.18. The molecule has 1 amide bonds. The summed E-state index contributed by atoms with van der Waals surface area (Å²) in [5.41, 5.74) is 5.57. The summed E-state index contributed by atoms with van der Waals surface area (Å²) in [5.74, 6) is -2.24. The Labute approximate surface area is 109 Å². The Morgan fingerprint density at radius 2 is 1.89 bits per heavy atom. The maximum atomic E-state index is 11.6. The highest BCUT2D eigenvalue weighted by Gasteiger charge is 2.23. The molecule has 2 atom stereocenters. The second-order valence-corrected chi connectivity index (χ2v) is 4.71. The lowest BCUT2D eigenvalue weighted by Gasteiger charge is -2.16. The molecule has 0 heterocycles. The number of carbonyl (C=O) groups excluding carboxylic acids is 1. The van der Waals surface area contributed by atoms with Gasteiger partial charge in [-0.2, -0.15) is 11.8 Å². The lowest BCUT2D eigenvalue weighted by molar-refractivity contribution is -0.143. The third-order valence-electron chi connectivity index (χ3n) is 2.23. The lowest BCUT2D eigenvalue weighted by atomic mass is 10.1. The third-order valence-corrected chi connectivity index (χ3v) is 2.88. The fraction of sp³-hybridized carbons (Fsp3) is 0.700. The molecule has 0 rings (SSSR count). The van der Waals surface area contributed by atoms with Gasteiger partial charge in [0.2, 0.25) is 5.91 Å². The van der Waals surface area contributed by atoms with Crippen molar-refractivity contribution in [2.75, 3.05) is 12.0 Å². The van der Waals surface area contributed by atoms with Crippen molar-refractivity contribution < 1.29 is 24.6 Å². The van der Waals surface area contributed by atoms with Gasteiger partial charge in [0.05, 0.1) is 6.04 Å². The predicted molar refractivity (Wildman–Crippen MR) is 67.4 cm³/mol. The smallest absolute Gasteiger partial charge is 0.326 e. The molecule has 0 aromatic carbocycles. The van der Waals surface area contributed by atoms with Gasteiger partial charge in [0, 0.05) is 6.42 Å². The molecule has 18 heavy (non-hydrogen) atoms. The highest BCUT2D eigenvalue weighted by molar-refractivity contribution is 7.98. The van der Waals surface area contributed by atoms with Crippen LogP contribution in [0.4, 0.5) is 0 Å². The van der Waals surface area contributed by atoms with Crippen molar-refractivity contribution in [3.05, 3.63) is 0 Å². The number of hydrogen-bond acceptors (Lipinski definition) is 5. The van der Waals surface area contributed by atoms with Gasteiger partial charge in [0.25, 0.3) is 0 Å². The SMILES string of the molecule is CSCC[C@@H](N)C(=O)NC(CCC(=O)O)C(=O)O. The van der Waals surface area contributed by atoms with Crippen molar-refractivity contribution >= 4 is 29.6 Å². The Kier molecular flexibility index (Phi) is 8.14. The summed E-state index contributed by atoms with van der Waals surface area (Å²) >= 11 is 1.53. The van der Waals surface area contributed by atoms with Gasteiger partial charge >= 0.3 is 11.9 Å². The van der Waals surface area contributed by atoms with E-state index in [4.69, 9.17) is 15.9 Å². The van der Waals surface area contributed by atoms with Crippen LogP contribution in [0.1, 0.15) is 19.3 Å². The van der Waals surface area contributed by atoms with E-state index in [0.717, 1.165) is 0 Å². The van der Waals surface area contributed by atoms with Crippen molar-refractivity contribution in [2.45, 2.75) is 31.3 Å². The van der Waals surface area contributed by atoms with Gasteiger partial charge in [-0.15, -0.1) is 0 Å². The second kappa shape index (κ2) is 8.76. The van der Waals surface area contributed by atoms with E-state index in [1.54, 1.807) is 0 Å². The minimum atomic E-state index is -1.26. The minimum Gasteiger partial charge on any atom is -0.481 e. The molecule has 8 heteroatoms. The average Bonchev–Trinajstić information content (AvgIpc) is 2.30. The van der Waals surface area contributed by atoms with Gasteiger partial charge in [-0.05, 0) is 24.9 Å². The van der Waals surface area contributed by atoms with E-state index < -0.39 is 29.9 Å². The molecule has 0 aromatic rings. The number of thioether (sulfide) groups is 1. The van der Waals surface area contributed by atoms with Crippen LogP contribution in [0.15, 0.2) is 0 Å². The molecule has 1 unspecified atom stereocenters. The van der Waals surface area contributed by atoms with E-state index in [1.807, 2.05) is 6.26 Å². The van der Waals surface area contributed by atoms with E-state index in [9.17, 15) is 14.4 Å². The number of aliphatic carboxylic acids is 2. The Bertz CT molecular complexity index is 311. The lowest BCUT2D eigenvalue weighted by Crippen LogP contribution is -2.48. The van der Waals surface area contributed by atoms with E-state index >= 15 is 0 Å². The quantitative estimate of drug-likeness (QED) is 0.447. The van der Waals surface area contributed by atoms with E-state index in [2.05, 4.69) is 5.32 Å². The zero-order valence-corrected chi connectivity index (χ0v) is 10.9. The van der Waals surface area contributed by atoms with E-state index in [0.29, 0.717) is 12.2 Å². The van der Waals surface area contributed by atoms with Crippen molar-refractivity contribution in [1.82, 2.24) is 5.32 Å². The molecule has 0 fully saturated rings. The van der Waals surface area contributed by atoms with Gasteiger partial charge in [-0.3, -0.25) is 9.59 Å². The fourth-order valence-corrected chi connectivity index (χ4v) is 1.67. The summed E-state index contributed by atoms with van der Waals surface area (Å²) < 4.78 is 0. The van der Waals surface area contributed by atoms with Gasteiger partial charge in [0.15, 0.2) is 0 Å². The topological polar surface area (TPSA) is 130 Å². The number of nitrogens with one attached hydrogen (secondary N) is 1. The third kappa shape index (κ3) is 7.13. The molecule has 0 saturated heterocycles. The van der Waals surface area contributed by atoms with Crippen molar-refractivity contribution in [1.29, 1.82) is 0 Å². The maximum absolute atomic E-state index is 11.6. The monoisotopic (exact) mass is 278 g/mol. The minimum absolute atomic E-state index is 0.161. The van der Waals surface area contributed by atoms with Crippen LogP contribution in [0.3, 0.4) is 0 Å². The Hall–Kier alpha value is -1.28. The molecule has 5 N–H and O–H groups in total. The molecular formula is C10H18N2O5S. The highest BCUT2D eigenvalue weighted by Crippen LogP contribution is 2.02. The maximum Gasteiger partial charge on any atom is 0.326 e. The zero-order chi connectivity index (χ0) is 14.1.